The lowest BCUT2D eigenvalue weighted by atomic mass is 10.0. The zero-order chi connectivity index (χ0) is 24.8. The van der Waals surface area contributed by atoms with E-state index in [4.69, 9.17) is 14.2 Å². The lowest BCUT2D eigenvalue weighted by Gasteiger charge is -2.15. The Morgan fingerprint density at radius 2 is 1.77 bits per heavy atom. The molecule has 0 saturated carbocycles. The Morgan fingerprint density at radius 1 is 1.03 bits per heavy atom. The third kappa shape index (κ3) is 6.31. The summed E-state index contributed by atoms with van der Waals surface area (Å²) in [5.41, 5.74) is 4.26. The molecule has 0 saturated heterocycles. The molecule has 0 atom stereocenters. The van der Waals surface area contributed by atoms with E-state index in [0.29, 0.717) is 36.5 Å². The van der Waals surface area contributed by atoms with Crippen LogP contribution in [0, 0.1) is 3.57 Å². The molecule has 1 aliphatic heterocycles. The Kier molecular flexibility index (Phi) is 8.23. The number of carbonyl (C=O) groups excluding carboxylic acids is 1. The van der Waals surface area contributed by atoms with Crippen LogP contribution in [0.4, 0.5) is 0 Å². The molecule has 0 unspecified atom stereocenters. The van der Waals surface area contributed by atoms with Crippen LogP contribution in [-0.4, -0.2) is 25.1 Å². The Hall–Kier alpha value is -3.13. The second kappa shape index (κ2) is 11.5. The summed E-state index contributed by atoms with van der Waals surface area (Å²) in [6.07, 6.45) is 2.52. The van der Waals surface area contributed by atoms with Crippen LogP contribution in [0.5, 0.6) is 11.5 Å². The van der Waals surface area contributed by atoms with E-state index in [1.165, 1.54) is 11.1 Å². The number of ether oxygens (including phenoxy) is 3. The zero-order valence-corrected chi connectivity index (χ0v) is 22.2. The standard InChI is InChI=1S/C29H28INO4/c1-4-33-26-18-21(16-24(30)27(26)34-15-14-20-8-6-5-7-9-20)17-25-29(32)35-28(31-25)23-12-10-22(11-13-23)19(2)3/h5-13,16-19H,4,14-15H2,1-3H3/b25-17-. The van der Waals surface area contributed by atoms with Gasteiger partial charge in [0, 0.05) is 12.0 Å². The van der Waals surface area contributed by atoms with Crippen molar-refractivity contribution in [1.29, 1.82) is 0 Å². The van der Waals surface area contributed by atoms with Gasteiger partial charge in [0.05, 0.1) is 16.8 Å². The molecule has 180 valence electrons. The van der Waals surface area contributed by atoms with Crippen LogP contribution in [-0.2, 0) is 16.0 Å². The Bertz CT molecular complexity index is 1250. The average Bonchev–Trinajstić information content (AvgIpc) is 3.21. The van der Waals surface area contributed by atoms with Gasteiger partial charge < -0.3 is 14.2 Å². The second-order valence-electron chi connectivity index (χ2n) is 8.46. The Morgan fingerprint density at radius 3 is 2.46 bits per heavy atom. The molecule has 4 rings (SSSR count). The number of benzene rings is 3. The molecule has 1 aliphatic rings. The van der Waals surface area contributed by atoms with Gasteiger partial charge in [0.15, 0.2) is 17.2 Å². The first-order valence-corrected chi connectivity index (χ1v) is 12.8. The predicted octanol–water partition coefficient (Wildman–Crippen LogP) is 6.78. The molecule has 6 heteroatoms. The SMILES string of the molecule is CCOc1cc(/C=C2\N=C(c3ccc(C(C)C)cc3)OC2=O)cc(I)c1OCCc1ccccc1. The number of hydrogen-bond donors (Lipinski definition) is 0. The molecule has 35 heavy (non-hydrogen) atoms. The Balaban J connectivity index is 1.54. The highest BCUT2D eigenvalue weighted by Gasteiger charge is 2.24. The molecule has 3 aromatic rings. The van der Waals surface area contributed by atoms with Gasteiger partial charge >= 0.3 is 5.97 Å². The van der Waals surface area contributed by atoms with Crippen LogP contribution in [0.15, 0.2) is 77.4 Å². The normalized spacial score (nSPS) is 14.3. The van der Waals surface area contributed by atoms with Gasteiger partial charge in [0.1, 0.15) is 0 Å². The number of rotatable bonds is 9. The van der Waals surface area contributed by atoms with E-state index in [-0.39, 0.29) is 5.70 Å². The van der Waals surface area contributed by atoms with Crippen LogP contribution in [0.25, 0.3) is 6.08 Å². The summed E-state index contributed by atoms with van der Waals surface area (Å²) >= 11 is 2.23. The molecule has 0 radical (unpaired) electrons. The molecule has 0 amide bonds. The monoisotopic (exact) mass is 581 g/mol. The summed E-state index contributed by atoms with van der Waals surface area (Å²) in [5.74, 6) is 1.62. The number of nitrogens with zero attached hydrogens (tertiary/aromatic N) is 1. The topological polar surface area (TPSA) is 57.1 Å². The fourth-order valence-corrected chi connectivity index (χ4v) is 4.47. The number of cyclic esters (lactones) is 1. The molecule has 1 heterocycles. The maximum Gasteiger partial charge on any atom is 0.363 e. The highest BCUT2D eigenvalue weighted by Crippen LogP contribution is 2.35. The van der Waals surface area contributed by atoms with Gasteiger partial charge in [-0.25, -0.2) is 9.79 Å². The van der Waals surface area contributed by atoms with Crippen LogP contribution >= 0.6 is 22.6 Å². The largest absolute Gasteiger partial charge is 0.490 e. The first kappa shape index (κ1) is 25.0. The minimum absolute atomic E-state index is 0.254. The number of hydrogen-bond acceptors (Lipinski definition) is 5. The number of carbonyl (C=O) groups is 1. The van der Waals surface area contributed by atoms with Crippen molar-refractivity contribution in [2.75, 3.05) is 13.2 Å². The van der Waals surface area contributed by atoms with E-state index in [1.807, 2.05) is 61.5 Å². The molecular formula is C29H28INO4. The van der Waals surface area contributed by atoms with Gasteiger partial charge in [-0.1, -0.05) is 56.3 Å². The van der Waals surface area contributed by atoms with Gasteiger partial charge in [-0.05, 0) is 82.5 Å². The summed E-state index contributed by atoms with van der Waals surface area (Å²) in [6, 6.07) is 22.0. The maximum absolute atomic E-state index is 12.5. The summed E-state index contributed by atoms with van der Waals surface area (Å²) in [7, 11) is 0. The van der Waals surface area contributed by atoms with Crippen molar-refractivity contribution < 1.29 is 19.0 Å². The smallest absolute Gasteiger partial charge is 0.363 e. The van der Waals surface area contributed by atoms with Crippen LogP contribution in [0.1, 0.15) is 48.9 Å². The molecule has 0 spiro atoms. The van der Waals surface area contributed by atoms with Crippen molar-refractivity contribution in [3.8, 4) is 11.5 Å². The van der Waals surface area contributed by atoms with E-state index < -0.39 is 5.97 Å². The zero-order valence-electron chi connectivity index (χ0n) is 20.1. The third-order valence-electron chi connectivity index (χ3n) is 5.56. The van der Waals surface area contributed by atoms with Crippen LogP contribution < -0.4 is 9.47 Å². The molecule has 0 aromatic heterocycles. The van der Waals surface area contributed by atoms with E-state index in [1.54, 1.807) is 6.08 Å². The highest BCUT2D eigenvalue weighted by atomic mass is 127. The summed E-state index contributed by atoms with van der Waals surface area (Å²) in [5, 5.41) is 0. The lowest BCUT2D eigenvalue weighted by Crippen LogP contribution is -2.06. The minimum atomic E-state index is -0.468. The van der Waals surface area contributed by atoms with Gasteiger partial charge in [-0.15, -0.1) is 0 Å². The first-order valence-electron chi connectivity index (χ1n) is 11.7. The number of halogens is 1. The fraction of sp³-hybridized carbons (Fsp3) is 0.241. The maximum atomic E-state index is 12.5. The molecule has 0 bridgehead atoms. The van der Waals surface area contributed by atoms with Crippen molar-refractivity contribution in [3.05, 3.63) is 98.3 Å². The van der Waals surface area contributed by atoms with Crippen molar-refractivity contribution in [1.82, 2.24) is 0 Å². The van der Waals surface area contributed by atoms with Crippen molar-refractivity contribution >= 4 is 40.5 Å². The number of aliphatic imine (C=N–C) groups is 1. The van der Waals surface area contributed by atoms with Gasteiger partial charge in [-0.3, -0.25) is 0 Å². The average molecular weight is 581 g/mol. The summed E-state index contributed by atoms with van der Waals surface area (Å²) in [4.78, 5) is 17.0. The first-order chi connectivity index (χ1) is 16.9. The van der Waals surface area contributed by atoms with Gasteiger partial charge in [0.25, 0.3) is 0 Å². The quantitative estimate of drug-likeness (QED) is 0.159. The lowest BCUT2D eigenvalue weighted by molar-refractivity contribution is -0.129. The van der Waals surface area contributed by atoms with Crippen LogP contribution in [0.3, 0.4) is 0 Å². The van der Waals surface area contributed by atoms with Crippen molar-refractivity contribution in [2.24, 2.45) is 4.99 Å². The predicted molar refractivity (Wildman–Crippen MR) is 147 cm³/mol. The fourth-order valence-electron chi connectivity index (χ4n) is 3.69. The van der Waals surface area contributed by atoms with Gasteiger partial charge in [-0.2, -0.15) is 0 Å². The summed E-state index contributed by atoms with van der Waals surface area (Å²) < 4.78 is 18.3. The molecule has 0 aliphatic carbocycles. The Labute approximate surface area is 220 Å². The van der Waals surface area contributed by atoms with Crippen LogP contribution in [0.2, 0.25) is 0 Å². The number of esters is 1. The van der Waals surface area contributed by atoms with Gasteiger partial charge in [0.2, 0.25) is 5.90 Å². The molecule has 3 aromatic carbocycles. The van der Waals surface area contributed by atoms with E-state index in [2.05, 4.69) is 53.6 Å². The third-order valence-corrected chi connectivity index (χ3v) is 6.36. The molecule has 0 fully saturated rings. The highest BCUT2D eigenvalue weighted by molar-refractivity contribution is 14.1. The minimum Gasteiger partial charge on any atom is -0.490 e. The van der Waals surface area contributed by atoms with E-state index >= 15 is 0 Å². The van der Waals surface area contributed by atoms with Crippen molar-refractivity contribution in [3.63, 3.8) is 0 Å². The molecule has 0 N–H and O–H groups in total. The van der Waals surface area contributed by atoms with E-state index in [9.17, 15) is 4.79 Å². The second-order valence-corrected chi connectivity index (χ2v) is 9.62. The summed E-state index contributed by atoms with van der Waals surface area (Å²) in [6.45, 7) is 7.25. The van der Waals surface area contributed by atoms with Crippen molar-refractivity contribution in [2.45, 2.75) is 33.1 Å². The molecule has 5 nitrogen and oxygen atoms in total. The van der Waals surface area contributed by atoms with E-state index in [0.717, 1.165) is 21.1 Å². The molecular weight excluding hydrogens is 553 g/mol.